The van der Waals surface area contributed by atoms with Gasteiger partial charge in [-0.2, -0.15) is 0 Å². The minimum Gasteiger partial charge on any atom is -0.481 e. The molecule has 0 bridgehead atoms. The smallest absolute Gasteiger partial charge is 0.303 e. The van der Waals surface area contributed by atoms with Gasteiger partial charge in [-0.25, -0.2) is 4.68 Å². The monoisotopic (exact) mass is 279 g/mol. The lowest BCUT2D eigenvalue weighted by atomic mass is 10.1. The molecule has 6 heteroatoms. The predicted molar refractivity (Wildman–Crippen MR) is 71.8 cm³/mol. The Hall–Kier alpha value is -1.88. The van der Waals surface area contributed by atoms with Crippen molar-refractivity contribution in [2.45, 2.75) is 26.7 Å². The summed E-state index contributed by atoms with van der Waals surface area (Å²) in [4.78, 5) is 10.5. The molecule has 1 heterocycles. The molecule has 0 fully saturated rings. The molecule has 1 aromatic carbocycles. The summed E-state index contributed by atoms with van der Waals surface area (Å²) in [5.74, 6) is -0.848. The van der Waals surface area contributed by atoms with Crippen LogP contribution < -0.4 is 0 Å². The Labute approximate surface area is 115 Å². The molecule has 2 aromatic rings. The van der Waals surface area contributed by atoms with Crippen LogP contribution in [-0.4, -0.2) is 26.1 Å². The summed E-state index contributed by atoms with van der Waals surface area (Å²) < 4.78 is 1.59. The van der Waals surface area contributed by atoms with Gasteiger partial charge in [0, 0.05) is 6.42 Å². The topological polar surface area (TPSA) is 68.0 Å². The summed E-state index contributed by atoms with van der Waals surface area (Å²) in [6.07, 6.45) is 2.11. The number of aryl methyl sites for hydroxylation is 3. The molecule has 5 nitrogen and oxygen atoms in total. The van der Waals surface area contributed by atoms with E-state index in [0.29, 0.717) is 17.1 Å². The third-order valence-electron chi connectivity index (χ3n) is 2.76. The van der Waals surface area contributed by atoms with Crippen molar-refractivity contribution in [1.29, 1.82) is 0 Å². The third kappa shape index (κ3) is 3.12. The molecule has 2 rings (SSSR count). The zero-order valence-electron chi connectivity index (χ0n) is 10.7. The van der Waals surface area contributed by atoms with Crippen LogP contribution in [0.2, 0.25) is 5.02 Å². The van der Waals surface area contributed by atoms with Crippen molar-refractivity contribution in [2.75, 3.05) is 0 Å². The quantitative estimate of drug-likeness (QED) is 0.934. The fourth-order valence-electron chi connectivity index (χ4n) is 1.96. The first kappa shape index (κ1) is 13.5. The summed E-state index contributed by atoms with van der Waals surface area (Å²) in [5, 5.41) is 17.2. The minimum atomic E-state index is -0.848. The van der Waals surface area contributed by atoms with E-state index in [1.54, 1.807) is 10.9 Å². The van der Waals surface area contributed by atoms with Crippen molar-refractivity contribution in [3.63, 3.8) is 0 Å². The summed E-state index contributed by atoms with van der Waals surface area (Å²) in [5.41, 5.74) is 3.50. The van der Waals surface area contributed by atoms with Gasteiger partial charge >= 0.3 is 5.97 Å². The van der Waals surface area contributed by atoms with E-state index in [-0.39, 0.29) is 6.42 Å². The lowest BCUT2D eigenvalue weighted by molar-refractivity contribution is -0.136. The highest BCUT2D eigenvalue weighted by atomic mass is 35.5. The normalized spacial score (nSPS) is 10.7. The molecule has 19 heavy (non-hydrogen) atoms. The fraction of sp³-hybridized carbons (Fsp3) is 0.308. The van der Waals surface area contributed by atoms with Crippen molar-refractivity contribution < 1.29 is 9.90 Å². The van der Waals surface area contributed by atoms with E-state index in [1.807, 2.05) is 26.0 Å². The first-order valence-corrected chi connectivity index (χ1v) is 6.25. The second kappa shape index (κ2) is 5.40. The molecule has 0 atom stereocenters. The number of rotatable bonds is 4. The highest BCUT2D eigenvalue weighted by Gasteiger charge is 2.11. The first-order chi connectivity index (χ1) is 8.97. The van der Waals surface area contributed by atoms with Crippen molar-refractivity contribution in [2.24, 2.45) is 0 Å². The zero-order valence-corrected chi connectivity index (χ0v) is 11.5. The van der Waals surface area contributed by atoms with E-state index < -0.39 is 5.97 Å². The van der Waals surface area contributed by atoms with Crippen LogP contribution in [0.1, 0.15) is 23.2 Å². The molecule has 0 amide bonds. The van der Waals surface area contributed by atoms with Gasteiger partial charge in [-0.1, -0.05) is 22.9 Å². The van der Waals surface area contributed by atoms with E-state index in [2.05, 4.69) is 10.3 Å². The maximum Gasteiger partial charge on any atom is 0.303 e. The number of aromatic nitrogens is 3. The summed E-state index contributed by atoms with van der Waals surface area (Å²) in [6.45, 7) is 3.93. The number of hydrogen-bond donors (Lipinski definition) is 1. The molecule has 0 spiro atoms. The van der Waals surface area contributed by atoms with Crippen LogP contribution in [-0.2, 0) is 11.2 Å². The van der Waals surface area contributed by atoms with E-state index in [1.165, 1.54) is 0 Å². The Kier molecular flexibility index (Phi) is 3.85. The van der Waals surface area contributed by atoms with E-state index >= 15 is 0 Å². The molecule has 100 valence electrons. The lowest BCUT2D eigenvalue weighted by Crippen LogP contribution is -2.00. The van der Waals surface area contributed by atoms with Gasteiger partial charge in [0.1, 0.15) is 0 Å². The molecule has 0 saturated carbocycles. The molecular formula is C13H14ClN3O2. The molecule has 0 radical (unpaired) electrons. The number of carboxylic acids is 1. The van der Waals surface area contributed by atoms with Gasteiger partial charge in [0.25, 0.3) is 0 Å². The number of hydrogen-bond acceptors (Lipinski definition) is 3. The van der Waals surface area contributed by atoms with Gasteiger partial charge in [0.2, 0.25) is 0 Å². The van der Waals surface area contributed by atoms with Crippen LogP contribution in [0.4, 0.5) is 0 Å². The summed E-state index contributed by atoms with van der Waals surface area (Å²) in [7, 11) is 0. The highest BCUT2D eigenvalue weighted by molar-refractivity contribution is 6.32. The lowest BCUT2D eigenvalue weighted by Gasteiger charge is -2.08. The van der Waals surface area contributed by atoms with Gasteiger partial charge in [-0.05, 0) is 31.0 Å². The second-order valence-electron chi connectivity index (χ2n) is 4.46. The predicted octanol–water partition coefficient (Wildman–Crippen LogP) is 2.55. The number of benzene rings is 1. The maximum absolute atomic E-state index is 10.5. The maximum atomic E-state index is 10.5. The number of halogens is 1. The van der Waals surface area contributed by atoms with Gasteiger partial charge in [-0.15, -0.1) is 5.10 Å². The molecule has 1 N–H and O–H groups in total. The van der Waals surface area contributed by atoms with Crippen molar-refractivity contribution in [1.82, 2.24) is 15.0 Å². The van der Waals surface area contributed by atoms with Crippen LogP contribution >= 0.6 is 11.6 Å². The van der Waals surface area contributed by atoms with Gasteiger partial charge in [0.05, 0.1) is 29.0 Å². The standard InChI is InChI=1S/C13H14ClN3O2/c1-8-5-9(2)13(11(14)6-8)17-7-10(15-16-17)3-4-12(18)19/h5-7H,3-4H2,1-2H3,(H,18,19). The van der Waals surface area contributed by atoms with Crippen LogP contribution in [0.15, 0.2) is 18.3 Å². The number of carbonyl (C=O) groups is 1. The van der Waals surface area contributed by atoms with Crippen LogP contribution in [0.5, 0.6) is 0 Å². The number of carboxylic acid groups (broad SMARTS) is 1. The van der Waals surface area contributed by atoms with Crippen LogP contribution in [0.3, 0.4) is 0 Å². The SMILES string of the molecule is Cc1cc(C)c(-n2cc(CCC(=O)O)nn2)c(Cl)c1. The highest BCUT2D eigenvalue weighted by Crippen LogP contribution is 2.25. The first-order valence-electron chi connectivity index (χ1n) is 5.87. The Balaban J connectivity index is 2.30. The van der Waals surface area contributed by atoms with E-state index in [4.69, 9.17) is 16.7 Å². The number of nitrogens with zero attached hydrogens (tertiary/aromatic N) is 3. The Bertz CT molecular complexity index is 599. The summed E-state index contributed by atoms with van der Waals surface area (Å²) in [6, 6.07) is 3.88. The molecule has 0 aliphatic rings. The Morgan fingerprint density at radius 2 is 2.16 bits per heavy atom. The summed E-state index contributed by atoms with van der Waals surface area (Å²) >= 11 is 6.22. The fourth-order valence-corrected chi connectivity index (χ4v) is 2.36. The molecule has 0 saturated heterocycles. The minimum absolute atomic E-state index is 0.0410. The number of aliphatic carboxylic acids is 1. The van der Waals surface area contributed by atoms with Crippen molar-refractivity contribution >= 4 is 17.6 Å². The molecule has 1 aromatic heterocycles. The average molecular weight is 280 g/mol. The second-order valence-corrected chi connectivity index (χ2v) is 4.87. The van der Waals surface area contributed by atoms with Gasteiger partial charge in [-0.3, -0.25) is 4.79 Å². The average Bonchev–Trinajstić information content (AvgIpc) is 2.73. The van der Waals surface area contributed by atoms with E-state index in [0.717, 1.165) is 16.8 Å². The largest absolute Gasteiger partial charge is 0.481 e. The van der Waals surface area contributed by atoms with E-state index in [9.17, 15) is 4.79 Å². The zero-order chi connectivity index (χ0) is 14.0. The Morgan fingerprint density at radius 3 is 2.79 bits per heavy atom. The van der Waals surface area contributed by atoms with Gasteiger partial charge < -0.3 is 5.11 Å². The molecule has 0 unspecified atom stereocenters. The van der Waals surface area contributed by atoms with Gasteiger partial charge in [0.15, 0.2) is 0 Å². The Morgan fingerprint density at radius 1 is 1.42 bits per heavy atom. The van der Waals surface area contributed by atoms with Crippen molar-refractivity contribution in [3.8, 4) is 5.69 Å². The van der Waals surface area contributed by atoms with Crippen molar-refractivity contribution in [3.05, 3.63) is 40.2 Å². The third-order valence-corrected chi connectivity index (χ3v) is 3.05. The van der Waals surface area contributed by atoms with Crippen LogP contribution in [0.25, 0.3) is 5.69 Å². The molecule has 0 aliphatic carbocycles. The molecule has 0 aliphatic heterocycles. The molecular weight excluding hydrogens is 266 g/mol. The van der Waals surface area contributed by atoms with Crippen LogP contribution in [0, 0.1) is 13.8 Å².